The summed E-state index contributed by atoms with van der Waals surface area (Å²) in [5.74, 6) is 1.40. The Balaban J connectivity index is 0.00000192. The van der Waals surface area contributed by atoms with Crippen molar-refractivity contribution < 1.29 is 8.42 Å². The topological polar surface area (TPSA) is 66.6 Å². The van der Waals surface area contributed by atoms with Crippen LogP contribution in [0.2, 0.25) is 0 Å². The maximum absolute atomic E-state index is 12.1. The zero-order valence-corrected chi connectivity index (χ0v) is 15.3. The summed E-state index contributed by atoms with van der Waals surface area (Å²) in [4.78, 5) is 2.80. The van der Waals surface area contributed by atoms with Gasteiger partial charge < -0.3 is 5.73 Å². The molecule has 23 heavy (non-hydrogen) atoms. The van der Waals surface area contributed by atoms with Crippen LogP contribution in [0.25, 0.3) is 0 Å². The van der Waals surface area contributed by atoms with E-state index >= 15 is 0 Å². The summed E-state index contributed by atoms with van der Waals surface area (Å²) in [7, 11) is -0.235. The number of hydrogen-bond acceptors (Lipinski definition) is 4. The second-order valence-electron chi connectivity index (χ2n) is 6.79. The average Bonchev–Trinajstić information content (AvgIpc) is 3.01. The van der Waals surface area contributed by atoms with Gasteiger partial charge in [-0.3, -0.25) is 4.90 Å². The second-order valence-corrected chi connectivity index (χ2v) is 8.94. The molecule has 1 aromatic rings. The number of benzene rings is 1. The van der Waals surface area contributed by atoms with Crippen LogP contribution in [0.1, 0.15) is 18.4 Å². The van der Waals surface area contributed by atoms with Gasteiger partial charge >= 0.3 is 0 Å². The van der Waals surface area contributed by atoms with Gasteiger partial charge in [-0.1, -0.05) is 12.1 Å². The van der Waals surface area contributed by atoms with E-state index in [9.17, 15) is 8.42 Å². The molecule has 1 saturated heterocycles. The van der Waals surface area contributed by atoms with E-state index in [4.69, 9.17) is 5.73 Å². The Bertz CT molecular complexity index is 633. The van der Waals surface area contributed by atoms with Gasteiger partial charge in [0.05, 0.1) is 4.90 Å². The molecule has 3 unspecified atom stereocenters. The highest BCUT2D eigenvalue weighted by atomic mass is 35.5. The number of rotatable bonds is 4. The van der Waals surface area contributed by atoms with Gasteiger partial charge in [-0.25, -0.2) is 12.7 Å². The van der Waals surface area contributed by atoms with Crippen molar-refractivity contribution in [2.75, 3.05) is 27.2 Å². The van der Waals surface area contributed by atoms with E-state index in [0.717, 1.165) is 31.1 Å². The predicted octanol–water partition coefficient (Wildman–Crippen LogP) is 1.53. The van der Waals surface area contributed by atoms with Crippen molar-refractivity contribution >= 4 is 22.4 Å². The van der Waals surface area contributed by atoms with Crippen LogP contribution in [0, 0.1) is 11.8 Å². The second kappa shape index (κ2) is 7.07. The maximum Gasteiger partial charge on any atom is 0.242 e. The van der Waals surface area contributed by atoms with Crippen molar-refractivity contribution in [1.29, 1.82) is 0 Å². The first-order valence-electron chi connectivity index (χ1n) is 7.87. The summed E-state index contributed by atoms with van der Waals surface area (Å²) in [6.45, 7) is 3.07. The van der Waals surface area contributed by atoms with E-state index in [0.29, 0.717) is 16.9 Å². The van der Waals surface area contributed by atoms with Crippen LogP contribution in [-0.2, 0) is 16.6 Å². The number of sulfonamides is 1. The molecule has 0 radical (unpaired) electrons. The first kappa shape index (κ1) is 18.7. The van der Waals surface area contributed by atoms with Crippen LogP contribution < -0.4 is 5.73 Å². The Morgan fingerprint density at radius 3 is 2.39 bits per heavy atom. The van der Waals surface area contributed by atoms with Crippen LogP contribution in [-0.4, -0.2) is 50.8 Å². The van der Waals surface area contributed by atoms with E-state index in [-0.39, 0.29) is 12.4 Å². The highest BCUT2D eigenvalue weighted by Gasteiger charge is 2.40. The van der Waals surface area contributed by atoms with Crippen LogP contribution in [0.4, 0.5) is 0 Å². The molecule has 0 amide bonds. The van der Waals surface area contributed by atoms with Crippen LogP contribution in [0.3, 0.4) is 0 Å². The lowest BCUT2D eigenvalue weighted by atomic mass is 9.98. The Morgan fingerprint density at radius 2 is 1.83 bits per heavy atom. The number of hydrogen-bond donors (Lipinski definition) is 1. The Morgan fingerprint density at radius 1 is 1.17 bits per heavy atom. The third kappa shape index (κ3) is 3.72. The molecule has 7 heteroatoms. The first-order chi connectivity index (χ1) is 10.4. The lowest BCUT2D eigenvalue weighted by Gasteiger charge is -2.18. The van der Waals surface area contributed by atoms with Gasteiger partial charge in [0.1, 0.15) is 0 Å². The summed E-state index contributed by atoms with van der Waals surface area (Å²) in [6, 6.07) is 7.61. The molecule has 2 fully saturated rings. The van der Waals surface area contributed by atoms with Gasteiger partial charge in [-0.05, 0) is 42.4 Å². The molecule has 1 aliphatic heterocycles. The standard InChI is InChI=1S/C16H25N3O2S.ClH/c1-18(2)22(20,21)14-6-3-12(4-7-14)9-19-10-13-5-8-16(17)15(13)11-19;/h3-4,6-7,13,15-16H,5,8-11,17H2,1-2H3;1H. The summed E-state index contributed by atoms with van der Waals surface area (Å²) in [5.41, 5.74) is 7.33. The number of nitrogens with two attached hydrogens (primary N) is 1. The average molecular weight is 360 g/mol. The minimum absolute atomic E-state index is 0. The van der Waals surface area contributed by atoms with Gasteiger partial charge in [0.15, 0.2) is 0 Å². The zero-order valence-electron chi connectivity index (χ0n) is 13.7. The quantitative estimate of drug-likeness (QED) is 0.885. The maximum atomic E-state index is 12.1. The normalized spacial score (nSPS) is 27.9. The monoisotopic (exact) mass is 359 g/mol. The molecule has 0 aromatic heterocycles. The molecule has 1 heterocycles. The third-order valence-corrected chi connectivity index (χ3v) is 6.93. The Hall–Kier alpha value is -0.660. The predicted molar refractivity (Wildman–Crippen MR) is 94.0 cm³/mol. The zero-order chi connectivity index (χ0) is 15.9. The highest BCUT2D eigenvalue weighted by molar-refractivity contribution is 7.89. The highest BCUT2D eigenvalue weighted by Crippen LogP contribution is 2.37. The molecular formula is C16H26ClN3O2S. The van der Waals surface area contributed by atoms with Gasteiger partial charge in [0, 0.05) is 39.8 Å². The molecule has 5 nitrogen and oxygen atoms in total. The van der Waals surface area contributed by atoms with Gasteiger partial charge in [0.2, 0.25) is 10.0 Å². The Kier molecular flexibility index (Phi) is 5.74. The van der Waals surface area contributed by atoms with E-state index in [1.807, 2.05) is 12.1 Å². The van der Waals surface area contributed by atoms with Crippen LogP contribution in [0.15, 0.2) is 29.2 Å². The molecule has 0 spiro atoms. The Labute approximate surface area is 145 Å². The fraction of sp³-hybridized carbons (Fsp3) is 0.625. The van der Waals surface area contributed by atoms with Gasteiger partial charge in [0.25, 0.3) is 0 Å². The molecule has 1 saturated carbocycles. The van der Waals surface area contributed by atoms with E-state index in [2.05, 4.69) is 4.90 Å². The lowest BCUT2D eigenvalue weighted by Crippen LogP contribution is -2.30. The van der Waals surface area contributed by atoms with Crippen molar-refractivity contribution in [1.82, 2.24) is 9.21 Å². The summed E-state index contributed by atoms with van der Waals surface area (Å²) < 4.78 is 25.4. The molecule has 130 valence electrons. The minimum Gasteiger partial charge on any atom is -0.327 e. The molecule has 1 aliphatic carbocycles. The number of halogens is 1. The smallest absolute Gasteiger partial charge is 0.242 e. The van der Waals surface area contributed by atoms with Crippen molar-refractivity contribution in [2.24, 2.45) is 17.6 Å². The summed E-state index contributed by atoms with van der Waals surface area (Å²) in [6.07, 6.45) is 2.42. The molecule has 0 bridgehead atoms. The van der Waals surface area contributed by atoms with E-state index < -0.39 is 10.0 Å². The molecule has 1 aromatic carbocycles. The number of fused-ring (bicyclic) bond motifs is 1. The van der Waals surface area contributed by atoms with Crippen LogP contribution in [0.5, 0.6) is 0 Å². The number of nitrogens with zero attached hydrogens (tertiary/aromatic N) is 2. The first-order valence-corrected chi connectivity index (χ1v) is 9.31. The van der Waals surface area contributed by atoms with Crippen LogP contribution >= 0.6 is 12.4 Å². The molecule has 3 atom stereocenters. The van der Waals surface area contributed by atoms with Crippen molar-refractivity contribution in [3.05, 3.63) is 29.8 Å². The summed E-state index contributed by atoms with van der Waals surface area (Å²) in [5, 5.41) is 0. The molecular weight excluding hydrogens is 334 g/mol. The van der Waals surface area contributed by atoms with Crippen molar-refractivity contribution in [2.45, 2.75) is 30.3 Å². The largest absolute Gasteiger partial charge is 0.327 e. The molecule has 2 N–H and O–H groups in total. The molecule has 3 rings (SSSR count). The van der Waals surface area contributed by atoms with E-state index in [1.54, 1.807) is 26.2 Å². The van der Waals surface area contributed by atoms with Gasteiger partial charge in [-0.15, -0.1) is 12.4 Å². The third-order valence-electron chi connectivity index (χ3n) is 5.10. The van der Waals surface area contributed by atoms with Crippen molar-refractivity contribution in [3.63, 3.8) is 0 Å². The summed E-state index contributed by atoms with van der Waals surface area (Å²) >= 11 is 0. The fourth-order valence-corrected chi connectivity index (χ4v) is 4.67. The molecule has 2 aliphatic rings. The fourth-order valence-electron chi connectivity index (χ4n) is 3.76. The number of likely N-dealkylation sites (tertiary alicyclic amines) is 1. The van der Waals surface area contributed by atoms with Crippen molar-refractivity contribution in [3.8, 4) is 0 Å². The SMILES string of the molecule is CN(C)S(=O)(=O)c1ccc(CN2CC3CCC(N)C3C2)cc1.Cl. The van der Waals surface area contributed by atoms with E-state index in [1.165, 1.54) is 17.1 Å². The van der Waals surface area contributed by atoms with Gasteiger partial charge in [-0.2, -0.15) is 0 Å². The lowest BCUT2D eigenvalue weighted by molar-refractivity contribution is 0.298. The minimum atomic E-state index is -3.34.